The molecule has 1 aliphatic heterocycles. The van der Waals surface area contributed by atoms with Gasteiger partial charge in [-0.2, -0.15) is 0 Å². The number of morpholine rings is 1. The molecule has 2 aromatic rings. The Labute approximate surface area is 169 Å². The maximum Gasteiger partial charge on any atom is 0.254 e. The van der Waals surface area contributed by atoms with Gasteiger partial charge < -0.3 is 24.4 Å². The number of anilines is 1. The maximum atomic E-state index is 12.6. The van der Waals surface area contributed by atoms with Crippen LogP contribution in [0.25, 0.3) is 6.08 Å². The lowest BCUT2D eigenvalue weighted by Gasteiger charge is -2.27. The number of hydrogen-bond donors (Lipinski definition) is 1. The van der Waals surface area contributed by atoms with Gasteiger partial charge in [0.1, 0.15) is 0 Å². The normalized spacial score (nSPS) is 13.9. The predicted octanol–water partition coefficient (Wildman–Crippen LogP) is 2.83. The van der Waals surface area contributed by atoms with Crippen LogP contribution in [0.5, 0.6) is 11.5 Å². The molecular weight excluding hydrogens is 372 g/mol. The number of rotatable bonds is 6. The summed E-state index contributed by atoms with van der Waals surface area (Å²) in [6, 6.07) is 12.3. The van der Waals surface area contributed by atoms with Crippen LogP contribution in [-0.2, 0) is 9.53 Å². The van der Waals surface area contributed by atoms with Crippen molar-refractivity contribution in [2.24, 2.45) is 0 Å². The van der Waals surface area contributed by atoms with Crippen molar-refractivity contribution in [3.8, 4) is 11.5 Å². The van der Waals surface area contributed by atoms with E-state index in [1.165, 1.54) is 6.08 Å². The van der Waals surface area contributed by atoms with Crippen LogP contribution in [0.2, 0.25) is 0 Å². The lowest BCUT2D eigenvalue weighted by atomic mass is 10.1. The van der Waals surface area contributed by atoms with E-state index in [0.717, 1.165) is 5.56 Å². The molecule has 0 bridgehead atoms. The van der Waals surface area contributed by atoms with Crippen LogP contribution in [0.15, 0.2) is 48.5 Å². The van der Waals surface area contributed by atoms with Gasteiger partial charge >= 0.3 is 0 Å². The molecule has 0 aliphatic carbocycles. The largest absolute Gasteiger partial charge is 0.493 e. The smallest absolute Gasteiger partial charge is 0.254 e. The van der Waals surface area contributed by atoms with E-state index in [-0.39, 0.29) is 11.8 Å². The third-order valence-corrected chi connectivity index (χ3v) is 4.51. The van der Waals surface area contributed by atoms with Crippen LogP contribution in [0.3, 0.4) is 0 Å². The van der Waals surface area contributed by atoms with Crippen molar-refractivity contribution in [3.05, 3.63) is 59.7 Å². The maximum absolute atomic E-state index is 12.6. The second-order valence-corrected chi connectivity index (χ2v) is 6.42. The van der Waals surface area contributed by atoms with Crippen LogP contribution in [0.1, 0.15) is 15.9 Å². The van der Waals surface area contributed by atoms with E-state index < -0.39 is 0 Å². The number of nitrogens with zero attached hydrogens (tertiary/aromatic N) is 1. The van der Waals surface area contributed by atoms with E-state index in [0.29, 0.717) is 49.1 Å². The van der Waals surface area contributed by atoms with Crippen LogP contribution in [-0.4, -0.2) is 57.2 Å². The second-order valence-electron chi connectivity index (χ2n) is 6.42. The molecule has 1 N–H and O–H groups in total. The first-order chi connectivity index (χ1) is 14.1. The van der Waals surface area contributed by atoms with E-state index in [1.54, 1.807) is 61.6 Å². The number of ether oxygens (including phenoxy) is 3. The number of hydrogen-bond acceptors (Lipinski definition) is 5. The standard InChI is InChI=1S/C22H24N2O5/c1-27-19-8-6-16(14-20(19)28-2)7-9-21(25)23-18-5-3-4-17(15-18)22(26)24-10-12-29-13-11-24/h3-9,14-15H,10-13H2,1-2H3,(H,23,25)/b9-7+. The highest BCUT2D eigenvalue weighted by atomic mass is 16.5. The third kappa shape index (κ3) is 5.36. The average molecular weight is 396 g/mol. The first-order valence-corrected chi connectivity index (χ1v) is 9.29. The number of carbonyl (C=O) groups is 2. The van der Waals surface area contributed by atoms with Crippen LogP contribution < -0.4 is 14.8 Å². The summed E-state index contributed by atoms with van der Waals surface area (Å²) in [4.78, 5) is 26.6. The Morgan fingerprint density at radius 1 is 1.03 bits per heavy atom. The fourth-order valence-corrected chi connectivity index (χ4v) is 2.99. The molecule has 0 atom stereocenters. The van der Waals surface area contributed by atoms with Crippen LogP contribution in [0.4, 0.5) is 5.69 Å². The number of nitrogens with one attached hydrogen (secondary N) is 1. The average Bonchev–Trinajstić information content (AvgIpc) is 2.77. The second kappa shape index (κ2) is 9.75. The molecule has 2 aromatic carbocycles. The molecule has 29 heavy (non-hydrogen) atoms. The summed E-state index contributed by atoms with van der Waals surface area (Å²) in [7, 11) is 3.13. The molecule has 7 nitrogen and oxygen atoms in total. The molecule has 2 amide bonds. The van der Waals surface area contributed by atoms with Gasteiger partial charge in [0, 0.05) is 30.4 Å². The van der Waals surface area contributed by atoms with Crippen molar-refractivity contribution in [2.45, 2.75) is 0 Å². The predicted molar refractivity (Wildman–Crippen MR) is 110 cm³/mol. The quantitative estimate of drug-likeness (QED) is 0.760. The summed E-state index contributed by atoms with van der Waals surface area (Å²) in [6.45, 7) is 2.24. The Bertz CT molecular complexity index is 904. The van der Waals surface area contributed by atoms with Crippen molar-refractivity contribution in [2.75, 3.05) is 45.8 Å². The zero-order valence-corrected chi connectivity index (χ0v) is 16.5. The first-order valence-electron chi connectivity index (χ1n) is 9.29. The summed E-state index contributed by atoms with van der Waals surface area (Å²) < 4.78 is 15.7. The summed E-state index contributed by atoms with van der Waals surface area (Å²) in [5.41, 5.74) is 1.90. The molecule has 1 fully saturated rings. The topological polar surface area (TPSA) is 77.1 Å². The number of amides is 2. The highest BCUT2D eigenvalue weighted by Gasteiger charge is 2.18. The van der Waals surface area contributed by atoms with Crippen molar-refractivity contribution in [3.63, 3.8) is 0 Å². The first kappa shape index (κ1) is 20.4. The molecule has 152 valence electrons. The number of carbonyl (C=O) groups excluding carboxylic acids is 2. The molecule has 1 saturated heterocycles. The minimum Gasteiger partial charge on any atom is -0.493 e. The van der Waals surface area contributed by atoms with Gasteiger partial charge in [-0.25, -0.2) is 0 Å². The molecule has 7 heteroatoms. The summed E-state index contributed by atoms with van der Waals surface area (Å²) >= 11 is 0. The van der Waals surface area contributed by atoms with Gasteiger partial charge in [-0.3, -0.25) is 9.59 Å². The van der Waals surface area contributed by atoms with Crippen molar-refractivity contribution < 1.29 is 23.8 Å². The van der Waals surface area contributed by atoms with Gasteiger partial charge in [0.25, 0.3) is 5.91 Å². The Morgan fingerprint density at radius 3 is 2.52 bits per heavy atom. The molecule has 0 radical (unpaired) electrons. The van der Waals surface area contributed by atoms with E-state index in [2.05, 4.69) is 5.32 Å². The van der Waals surface area contributed by atoms with Crippen LogP contribution >= 0.6 is 0 Å². The fourth-order valence-electron chi connectivity index (χ4n) is 2.99. The Kier molecular flexibility index (Phi) is 6.86. The van der Waals surface area contributed by atoms with Gasteiger partial charge in [-0.15, -0.1) is 0 Å². The minimum atomic E-state index is -0.296. The number of benzene rings is 2. The lowest BCUT2D eigenvalue weighted by Crippen LogP contribution is -2.40. The van der Waals surface area contributed by atoms with Crippen molar-refractivity contribution >= 4 is 23.6 Å². The van der Waals surface area contributed by atoms with Gasteiger partial charge in [0.15, 0.2) is 11.5 Å². The van der Waals surface area contributed by atoms with Gasteiger partial charge in [0.2, 0.25) is 5.91 Å². The monoisotopic (exact) mass is 396 g/mol. The molecule has 1 aliphatic rings. The zero-order valence-electron chi connectivity index (χ0n) is 16.5. The van der Waals surface area contributed by atoms with E-state index in [4.69, 9.17) is 14.2 Å². The molecule has 1 heterocycles. The van der Waals surface area contributed by atoms with Gasteiger partial charge in [-0.1, -0.05) is 12.1 Å². The number of methoxy groups -OCH3 is 2. The highest BCUT2D eigenvalue weighted by Crippen LogP contribution is 2.28. The summed E-state index contributed by atoms with van der Waals surface area (Å²) in [5, 5.41) is 2.78. The van der Waals surface area contributed by atoms with Gasteiger partial charge in [-0.05, 0) is 42.0 Å². The lowest BCUT2D eigenvalue weighted by molar-refractivity contribution is -0.111. The Hall–Kier alpha value is -3.32. The highest BCUT2D eigenvalue weighted by molar-refractivity contribution is 6.03. The van der Waals surface area contributed by atoms with Crippen molar-refractivity contribution in [1.82, 2.24) is 4.90 Å². The fraction of sp³-hybridized carbons (Fsp3) is 0.273. The molecule has 0 spiro atoms. The van der Waals surface area contributed by atoms with E-state index >= 15 is 0 Å². The Morgan fingerprint density at radius 2 is 1.79 bits per heavy atom. The Balaban J connectivity index is 1.65. The molecule has 0 saturated carbocycles. The van der Waals surface area contributed by atoms with Crippen LogP contribution in [0, 0.1) is 0 Å². The molecule has 0 aromatic heterocycles. The molecule has 3 rings (SSSR count). The molecule has 0 unspecified atom stereocenters. The van der Waals surface area contributed by atoms with E-state index in [1.807, 2.05) is 6.07 Å². The summed E-state index contributed by atoms with van der Waals surface area (Å²) in [5.74, 6) is 0.848. The van der Waals surface area contributed by atoms with Gasteiger partial charge in [0.05, 0.1) is 27.4 Å². The third-order valence-electron chi connectivity index (χ3n) is 4.51. The molecular formula is C22H24N2O5. The van der Waals surface area contributed by atoms with E-state index in [9.17, 15) is 9.59 Å². The summed E-state index contributed by atoms with van der Waals surface area (Å²) in [6.07, 6.45) is 3.11. The van der Waals surface area contributed by atoms with Crippen molar-refractivity contribution in [1.29, 1.82) is 0 Å². The minimum absolute atomic E-state index is 0.0646. The SMILES string of the molecule is COc1ccc(/C=C/C(=O)Nc2cccc(C(=O)N3CCOCC3)c2)cc1OC. The zero-order chi connectivity index (χ0) is 20.6.